The normalized spacial score (nSPS) is 10.4. The summed E-state index contributed by atoms with van der Waals surface area (Å²) in [7, 11) is 0. The molecule has 0 aliphatic rings. The van der Waals surface area contributed by atoms with Crippen molar-refractivity contribution < 1.29 is 4.42 Å². The minimum Gasteiger partial charge on any atom is -0.468 e. The molecule has 0 spiro atoms. The summed E-state index contributed by atoms with van der Waals surface area (Å²) in [6.07, 6.45) is 3.38. The molecule has 0 saturated carbocycles. The molecule has 0 bridgehead atoms. The lowest BCUT2D eigenvalue weighted by atomic mass is 10.5. The van der Waals surface area contributed by atoms with Gasteiger partial charge in [-0.25, -0.2) is 4.98 Å². The zero-order valence-corrected chi connectivity index (χ0v) is 8.54. The first-order chi connectivity index (χ1) is 6.75. The minimum absolute atomic E-state index is 0.538. The van der Waals surface area contributed by atoms with Gasteiger partial charge in [0.05, 0.1) is 11.2 Å². The predicted molar refractivity (Wildman–Crippen MR) is 56.2 cm³/mol. The van der Waals surface area contributed by atoms with Gasteiger partial charge in [-0.15, -0.1) is 0 Å². The van der Waals surface area contributed by atoms with E-state index in [1.807, 2.05) is 25.1 Å². The van der Waals surface area contributed by atoms with Gasteiger partial charge in [0, 0.05) is 11.1 Å². The Balaban J connectivity index is 2.23. The first-order valence-corrected chi connectivity index (χ1v) is 5.01. The maximum Gasteiger partial charge on any atom is 0.124 e. The Kier molecular flexibility index (Phi) is 2.45. The molecule has 0 atom stereocenters. The molecule has 14 heavy (non-hydrogen) atoms. The minimum atomic E-state index is 0.538. The van der Waals surface area contributed by atoms with Crippen molar-refractivity contribution in [2.45, 2.75) is 16.7 Å². The number of nitrogen functional groups attached to an aromatic ring is 1. The second-order valence-corrected chi connectivity index (χ2v) is 3.97. The van der Waals surface area contributed by atoms with Crippen molar-refractivity contribution in [2.75, 3.05) is 5.73 Å². The topological polar surface area (TPSA) is 52.0 Å². The fourth-order valence-corrected chi connectivity index (χ4v) is 1.98. The molecule has 2 heterocycles. The second kappa shape index (κ2) is 3.75. The highest BCUT2D eigenvalue weighted by Gasteiger charge is 2.03. The molecular formula is C10H10N2OS. The number of hydrogen-bond donors (Lipinski definition) is 1. The number of nitrogens with two attached hydrogens (primary N) is 1. The van der Waals surface area contributed by atoms with Crippen molar-refractivity contribution in [3.63, 3.8) is 0 Å². The number of aromatic nitrogens is 1. The Hall–Kier alpha value is -1.42. The van der Waals surface area contributed by atoms with E-state index >= 15 is 0 Å². The summed E-state index contributed by atoms with van der Waals surface area (Å²) in [5.41, 5.74) is 5.58. The molecule has 0 saturated heterocycles. The van der Waals surface area contributed by atoms with Crippen molar-refractivity contribution in [1.82, 2.24) is 4.98 Å². The van der Waals surface area contributed by atoms with Crippen molar-refractivity contribution in [3.8, 4) is 0 Å². The van der Waals surface area contributed by atoms with Gasteiger partial charge in [0.1, 0.15) is 11.6 Å². The van der Waals surface area contributed by atoms with E-state index in [-0.39, 0.29) is 0 Å². The summed E-state index contributed by atoms with van der Waals surface area (Å²) in [5, 5.41) is 0. The number of rotatable bonds is 2. The second-order valence-electron chi connectivity index (χ2n) is 2.86. The Bertz CT molecular complexity index is 439. The van der Waals surface area contributed by atoms with Crippen LogP contribution in [0.2, 0.25) is 0 Å². The van der Waals surface area contributed by atoms with Gasteiger partial charge in [0.2, 0.25) is 0 Å². The van der Waals surface area contributed by atoms with Crippen molar-refractivity contribution in [2.24, 2.45) is 0 Å². The Morgan fingerprint density at radius 1 is 1.43 bits per heavy atom. The van der Waals surface area contributed by atoms with Gasteiger partial charge < -0.3 is 10.2 Å². The molecule has 2 rings (SSSR count). The smallest absolute Gasteiger partial charge is 0.124 e. The quantitative estimate of drug-likeness (QED) is 0.820. The van der Waals surface area contributed by atoms with Crippen LogP contribution >= 0.6 is 11.8 Å². The molecule has 0 unspecified atom stereocenters. The van der Waals surface area contributed by atoms with Crippen LogP contribution < -0.4 is 5.73 Å². The molecule has 72 valence electrons. The zero-order chi connectivity index (χ0) is 9.97. The van der Waals surface area contributed by atoms with E-state index in [1.165, 1.54) is 0 Å². The van der Waals surface area contributed by atoms with Crippen molar-refractivity contribution in [1.29, 1.82) is 0 Å². The van der Waals surface area contributed by atoms with Crippen LogP contribution in [0.3, 0.4) is 0 Å². The standard InChI is InChI=1S/C10H10N2OS/c1-7-9(3-5-13-7)14-8-2-4-12-10(11)6-8/h2-6H,1H3,(H2,11,12). The van der Waals surface area contributed by atoms with E-state index in [9.17, 15) is 0 Å². The summed E-state index contributed by atoms with van der Waals surface area (Å²) in [6.45, 7) is 1.94. The summed E-state index contributed by atoms with van der Waals surface area (Å²) in [4.78, 5) is 6.11. The summed E-state index contributed by atoms with van der Waals surface area (Å²) < 4.78 is 5.20. The highest BCUT2D eigenvalue weighted by atomic mass is 32.2. The summed E-state index contributed by atoms with van der Waals surface area (Å²) in [5.74, 6) is 1.46. The third-order valence-electron chi connectivity index (χ3n) is 1.79. The van der Waals surface area contributed by atoms with Crippen LogP contribution in [-0.2, 0) is 0 Å². The molecule has 0 radical (unpaired) electrons. The molecule has 0 amide bonds. The molecule has 3 nitrogen and oxygen atoms in total. The number of aryl methyl sites for hydroxylation is 1. The largest absolute Gasteiger partial charge is 0.468 e. The molecule has 2 N–H and O–H groups in total. The van der Waals surface area contributed by atoms with E-state index in [2.05, 4.69) is 4.98 Å². The number of nitrogens with zero attached hydrogens (tertiary/aromatic N) is 1. The molecule has 0 aliphatic heterocycles. The molecule has 4 heteroatoms. The van der Waals surface area contributed by atoms with Crippen LogP contribution in [0.4, 0.5) is 5.82 Å². The predicted octanol–water partition coefficient (Wildman–Crippen LogP) is 2.72. The fraction of sp³-hybridized carbons (Fsp3) is 0.100. The monoisotopic (exact) mass is 206 g/mol. The lowest BCUT2D eigenvalue weighted by Crippen LogP contribution is -1.88. The maximum atomic E-state index is 5.58. The Morgan fingerprint density at radius 3 is 2.93 bits per heavy atom. The lowest BCUT2D eigenvalue weighted by Gasteiger charge is -1.99. The number of furan rings is 1. The van der Waals surface area contributed by atoms with Gasteiger partial charge in [0.25, 0.3) is 0 Å². The zero-order valence-electron chi connectivity index (χ0n) is 7.73. The first kappa shape index (κ1) is 9.15. The van der Waals surface area contributed by atoms with Crippen LogP contribution in [0.1, 0.15) is 5.76 Å². The van der Waals surface area contributed by atoms with Crippen molar-refractivity contribution >= 4 is 17.6 Å². The van der Waals surface area contributed by atoms with E-state index in [4.69, 9.17) is 10.2 Å². The first-order valence-electron chi connectivity index (χ1n) is 4.19. The van der Waals surface area contributed by atoms with Gasteiger partial charge in [-0.2, -0.15) is 0 Å². The van der Waals surface area contributed by atoms with Gasteiger partial charge in [0.15, 0.2) is 0 Å². The van der Waals surface area contributed by atoms with Crippen LogP contribution in [0.25, 0.3) is 0 Å². The van der Waals surface area contributed by atoms with Crippen LogP contribution in [-0.4, -0.2) is 4.98 Å². The molecule has 2 aromatic heterocycles. The summed E-state index contributed by atoms with van der Waals surface area (Å²) in [6, 6.07) is 5.71. The number of anilines is 1. The molecule has 2 aromatic rings. The Morgan fingerprint density at radius 2 is 2.29 bits per heavy atom. The fourth-order valence-electron chi connectivity index (χ4n) is 1.10. The lowest BCUT2D eigenvalue weighted by molar-refractivity contribution is 0.527. The van der Waals surface area contributed by atoms with Crippen LogP contribution in [0.5, 0.6) is 0 Å². The van der Waals surface area contributed by atoms with E-state index in [1.54, 1.807) is 24.2 Å². The van der Waals surface area contributed by atoms with E-state index in [0.717, 1.165) is 15.6 Å². The number of pyridine rings is 1. The maximum absolute atomic E-state index is 5.58. The van der Waals surface area contributed by atoms with E-state index < -0.39 is 0 Å². The van der Waals surface area contributed by atoms with Gasteiger partial charge in [-0.3, -0.25) is 0 Å². The number of hydrogen-bond acceptors (Lipinski definition) is 4. The average molecular weight is 206 g/mol. The van der Waals surface area contributed by atoms with Gasteiger partial charge in [-0.05, 0) is 25.1 Å². The summed E-state index contributed by atoms with van der Waals surface area (Å²) >= 11 is 1.62. The average Bonchev–Trinajstić information content (AvgIpc) is 2.52. The van der Waals surface area contributed by atoms with Gasteiger partial charge in [-0.1, -0.05) is 11.8 Å². The van der Waals surface area contributed by atoms with Crippen LogP contribution in [0.15, 0.2) is 44.9 Å². The highest BCUT2D eigenvalue weighted by molar-refractivity contribution is 7.99. The van der Waals surface area contributed by atoms with Crippen LogP contribution in [0, 0.1) is 6.92 Å². The molecule has 0 aromatic carbocycles. The van der Waals surface area contributed by atoms with Crippen molar-refractivity contribution in [3.05, 3.63) is 36.4 Å². The molecular weight excluding hydrogens is 196 g/mol. The third kappa shape index (κ3) is 1.90. The van der Waals surface area contributed by atoms with E-state index in [0.29, 0.717) is 5.82 Å². The third-order valence-corrected chi connectivity index (χ3v) is 2.92. The molecule has 0 fully saturated rings. The molecule has 0 aliphatic carbocycles. The van der Waals surface area contributed by atoms with Gasteiger partial charge >= 0.3 is 0 Å². The highest BCUT2D eigenvalue weighted by Crippen LogP contribution is 2.30. The Labute approximate surface area is 86.3 Å². The SMILES string of the molecule is Cc1occc1Sc1ccnc(N)c1.